The van der Waals surface area contributed by atoms with Crippen molar-refractivity contribution in [2.75, 3.05) is 17.4 Å². The van der Waals surface area contributed by atoms with Crippen molar-refractivity contribution in [1.29, 1.82) is 0 Å². The molecule has 7 nitrogen and oxygen atoms in total. The number of hydrogen-bond acceptors (Lipinski definition) is 4. The smallest absolute Gasteiger partial charge is 0.264 e. The summed E-state index contributed by atoms with van der Waals surface area (Å²) in [5.41, 5.74) is 3.09. The van der Waals surface area contributed by atoms with Crippen LogP contribution in [0.5, 0.6) is 0 Å². The molecule has 0 radical (unpaired) electrons. The Balaban J connectivity index is 2.04. The monoisotopic (exact) mass is 583 g/mol. The maximum atomic E-state index is 14.1. The Bertz CT molecular complexity index is 1410. The second-order valence-electron chi connectivity index (χ2n) is 9.88. The average Bonchev–Trinajstić information content (AvgIpc) is 2.91. The summed E-state index contributed by atoms with van der Waals surface area (Å²) in [5.74, 6) is -0.724. The lowest BCUT2D eigenvalue weighted by atomic mass is 10.1. The fourth-order valence-corrected chi connectivity index (χ4v) is 6.01. The second kappa shape index (κ2) is 14.3. The number of benzene rings is 3. The first-order valence-electron chi connectivity index (χ1n) is 13.5. The van der Waals surface area contributed by atoms with Crippen LogP contribution in [-0.4, -0.2) is 44.3 Å². The third-order valence-electron chi connectivity index (χ3n) is 6.62. The number of carbonyl (C=O) groups excluding carboxylic acids is 2. The van der Waals surface area contributed by atoms with E-state index in [0.29, 0.717) is 23.7 Å². The lowest BCUT2D eigenvalue weighted by Gasteiger charge is -2.33. The lowest BCUT2D eigenvalue weighted by Crippen LogP contribution is -2.52. The zero-order chi connectivity index (χ0) is 29.3. The summed E-state index contributed by atoms with van der Waals surface area (Å²) in [5, 5.41) is 3.35. The summed E-state index contributed by atoms with van der Waals surface area (Å²) in [4.78, 5) is 28.9. The van der Waals surface area contributed by atoms with Gasteiger partial charge in [-0.15, -0.1) is 0 Å². The first-order valence-corrected chi connectivity index (χ1v) is 15.4. The zero-order valence-electron chi connectivity index (χ0n) is 23.6. The van der Waals surface area contributed by atoms with E-state index >= 15 is 0 Å². The fourth-order valence-electron chi connectivity index (χ4n) is 4.48. The van der Waals surface area contributed by atoms with Crippen LogP contribution in [0.1, 0.15) is 49.8 Å². The molecule has 3 rings (SSSR count). The predicted molar refractivity (Wildman–Crippen MR) is 161 cm³/mol. The van der Waals surface area contributed by atoms with Crippen LogP contribution in [0.2, 0.25) is 5.02 Å². The van der Waals surface area contributed by atoms with E-state index in [4.69, 9.17) is 11.6 Å². The van der Waals surface area contributed by atoms with Crippen molar-refractivity contribution < 1.29 is 18.0 Å². The van der Waals surface area contributed by atoms with Gasteiger partial charge in [-0.05, 0) is 74.2 Å². The van der Waals surface area contributed by atoms with Gasteiger partial charge in [0.15, 0.2) is 0 Å². The molecule has 40 heavy (non-hydrogen) atoms. The second-order valence-corrected chi connectivity index (χ2v) is 12.2. The Kier molecular flexibility index (Phi) is 11.2. The Labute approximate surface area is 243 Å². The molecule has 0 aromatic heterocycles. The van der Waals surface area contributed by atoms with Crippen LogP contribution in [0, 0.1) is 13.8 Å². The van der Waals surface area contributed by atoms with E-state index in [-0.39, 0.29) is 17.3 Å². The van der Waals surface area contributed by atoms with Gasteiger partial charge in [-0.2, -0.15) is 0 Å². The van der Waals surface area contributed by atoms with Gasteiger partial charge in [-0.1, -0.05) is 73.8 Å². The SMILES string of the molecule is CCCCNC(=O)C(CC)N(Cc1cccc(C)c1)C(=O)CN(c1cccc(C)c1)S(=O)(=O)c1ccc(Cl)cc1. The van der Waals surface area contributed by atoms with Gasteiger partial charge in [-0.3, -0.25) is 13.9 Å². The molecule has 0 aliphatic carbocycles. The quantitative estimate of drug-likeness (QED) is 0.255. The van der Waals surface area contributed by atoms with Crippen LogP contribution in [0.15, 0.2) is 77.7 Å². The number of hydrogen-bond donors (Lipinski definition) is 1. The predicted octanol–water partition coefficient (Wildman–Crippen LogP) is 5.88. The van der Waals surface area contributed by atoms with Gasteiger partial charge in [-0.25, -0.2) is 8.42 Å². The number of rotatable bonds is 13. The molecule has 9 heteroatoms. The van der Waals surface area contributed by atoms with Crippen molar-refractivity contribution in [2.45, 2.75) is 64.4 Å². The minimum Gasteiger partial charge on any atom is -0.354 e. The van der Waals surface area contributed by atoms with E-state index in [1.165, 1.54) is 29.2 Å². The Morgan fingerprint density at radius 3 is 2.17 bits per heavy atom. The van der Waals surface area contributed by atoms with E-state index in [2.05, 4.69) is 5.32 Å². The molecule has 0 fully saturated rings. The Morgan fingerprint density at radius 2 is 1.57 bits per heavy atom. The van der Waals surface area contributed by atoms with Crippen LogP contribution >= 0.6 is 11.6 Å². The molecular weight excluding hydrogens is 546 g/mol. The van der Waals surface area contributed by atoms with Crippen LogP contribution in [0.4, 0.5) is 5.69 Å². The van der Waals surface area contributed by atoms with Crippen LogP contribution in [-0.2, 0) is 26.2 Å². The van der Waals surface area contributed by atoms with Gasteiger partial charge in [0.05, 0.1) is 10.6 Å². The molecule has 0 aliphatic rings. The molecule has 0 bridgehead atoms. The zero-order valence-corrected chi connectivity index (χ0v) is 25.1. The van der Waals surface area contributed by atoms with E-state index in [0.717, 1.165) is 33.8 Å². The number of unbranched alkanes of at least 4 members (excludes halogenated alkanes) is 1. The third-order valence-corrected chi connectivity index (χ3v) is 8.66. The largest absolute Gasteiger partial charge is 0.354 e. The highest BCUT2D eigenvalue weighted by molar-refractivity contribution is 7.92. The topological polar surface area (TPSA) is 86.8 Å². The molecule has 1 atom stereocenters. The fraction of sp³-hybridized carbons (Fsp3) is 0.355. The molecular formula is C31H38ClN3O4S. The molecule has 2 amide bonds. The Hall–Kier alpha value is -3.36. The molecule has 0 heterocycles. The standard InChI is InChI=1S/C31H38ClN3O4S/c1-5-7-18-33-31(37)29(6-2)34(21-25-12-8-10-23(3)19-25)30(36)22-35(27-13-9-11-24(4)20-27)40(38,39)28-16-14-26(32)15-17-28/h8-17,19-20,29H,5-7,18,21-22H2,1-4H3,(H,33,37). The van der Waals surface area contributed by atoms with Crippen molar-refractivity contribution in [3.8, 4) is 0 Å². The normalized spacial score (nSPS) is 12.0. The van der Waals surface area contributed by atoms with Gasteiger partial charge < -0.3 is 10.2 Å². The minimum atomic E-state index is -4.14. The summed E-state index contributed by atoms with van der Waals surface area (Å²) in [7, 11) is -4.14. The average molecular weight is 584 g/mol. The first kappa shape index (κ1) is 31.2. The van der Waals surface area contributed by atoms with Gasteiger partial charge in [0, 0.05) is 18.1 Å². The van der Waals surface area contributed by atoms with Crippen molar-refractivity contribution >= 4 is 39.1 Å². The van der Waals surface area contributed by atoms with E-state index in [1.54, 1.807) is 18.2 Å². The third kappa shape index (κ3) is 8.08. The molecule has 1 unspecified atom stereocenters. The lowest BCUT2D eigenvalue weighted by molar-refractivity contribution is -0.140. The van der Waals surface area contributed by atoms with Crippen molar-refractivity contribution in [1.82, 2.24) is 10.2 Å². The number of aryl methyl sites for hydroxylation is 2. The highest BCUT2D eigenvalue weighted by Gasteiger charge is 2.33. The number of halogens is 1. The van der Waals surface area contributed by atoms with Crippen LogP contribution in [0.3, 0.4) is 0 Å². The molecule has 0 aliphatic heterocycles. The highest BCUT2D eigenvalue weighted by Crippen LogP contribution is 2.26. The summed E-state index contributed by atoms with van der Waals surface area (Å²) >= 11 is 6.01. The molecule has 0 saturated carbocycles. The molecule has 3 aromatic rings. The maximum Gasteiger partial charge on any atom is 0.264 e. The van der Waals surface area contributed by atoms with Gasteiger partial charge in [0.1, 0.15) is 12.6 Å². The van der Waals surface area contributed by atoms with E-state index < -0.39 is 28.5 Å². The highest BCUT2D eigenvalue weighted by atomic mass is 35.5. The minimum absolute atomic E-state index is 0.0146. The number of nitrogens with one attached hydrogen (secondary N) is 1. The number of sulfonamides is 1. The van der Waals surface area contributed by atoms with E-state index in [1.807, 2.05) is 58.0 Å². The number of carbonyl (C=O) groups is 2. The molecule has 214 valence electrons. The van der Waals surface area contributed by atoms with Gasteiger partial charge in [0.25, 0.3) is 10.0 Å². The first-order chi connectivity index (χ1) is 19.1. The van der Waals surface area contributed by atoms with Crippen LogP contribution in [0.25, 0.3) is 0 Å². The number of nitrogens with zero attached hydrogens (tertiary/aromatic N) is 2. The Morgan fingerprint density at radius 1 is 0.925 bits per heavy atom. The van der Waals surface area contributed by atoms with Gasteiger partial charge in [0.2, 0.25) is 11.8 Å². The van der Waals surface area contributed by atoms with Crippen LogP contribution < -0.4 is 9.62 Å². The molecule has 0 saturated heterocycles. The summed E-state index contributed by atoms with van der Waals surface area (Å²) < 4.78 is 28.9. The summed E-state index contributed by atoms with van der Waals surface area (Å²) in [6.45, 7) is 7.92. The molecule has 1 N–H and O–H groups in total. The summed E-state index contributed by atoms with van der Waals surface area (Å²) in [6.07, 6.45) is 2.13. The number of amides is 2. The summed E-state index contributed by atoms with van der Waals surface area (Å²) in [6, 6.07) is 19.8. The van der Waals surface area contributed by atoms with E-state index in [9.17, 15) is 18.0 Å². The van der Waals surface area contributed by atoms with Crippen molar-refractivity contribution in [3.05, 3.63) is 94.5 Å². The van der Waals surface area contributed by atoms with Gasteiger partial charge >= 0.3 is 0 Å². The maximum absolute atomic E-state index is 14.1. The number of anilines is 1. The molecule has 3 aromatic carbocycles. The van der Waals surface area contributed by atoms with Crippen molar-refractivity contribution in [2.24, 2.45) is 0 Å². The van der Waals surface area contributed by atoms with Crippen molar-refractivity contribution in [3.63, 3.8) is 0 Å². The molecule has 0 spiro atoms.